The van der Waals surface area contributed by atoms with Crippen molar-refractivity contribution in [2.75, 3.05) is 5.32 Å². The van der Waals surface area contributed by atoms with Gasteiger partial charge in [0.2, 0.25) is 5.91 Å². The highest BCUT2D eigenvalue weighted by atomic mass is 32.2. The number of carbonyl (C=O) groups is 1. The number of benzene rings is 3. The summed E-state index contributed by atoms with van der Waals surface area (Å²) in [6, 6.07) is 25.0. The summed E-state index contributed by atoms with van der Waals surface area (Å²) in [4.78, 5) is 13.0. The predicted molar refractivity (Wildman–Crippen MR) is 112 cm³/mol. The lowest BCUT2D eigenvalue weighted by molar-refractivity contribution is -0.117. The summed E-state index contributed by atoms with van der Waals surface area (Å²) >= 11 is 0. The first-order chi connectivity index (χ1) is 13.5. The Morgan fingerprint density at radius 2 is 1.54 bits per heavy atom. The standard InChI is InChI=1S/C23H23NO3S/c1-2-22(19-11-5-3-6-12-19)23(25)24-20-13-9-10-18(16-20)17-28(26,27)21-14-7-4-8-15-21/h3-16,22H,2,17H2,1H3,(H,24,25). The molecule has 0 aliphatic carbocycles. The predicted octanol–water partition coefficient (Wildman–Crippen LogP) is 4.79. The van der Waals surface area contributed by atoms with Crippen molar-refractivity contribution in [2.24, 2.45) is 0 Å². The number of rotatable bonds is 7. The molecule has 0 aromatic heterocycles. The molecular formula is C23H23NO3S. The van der Waals surface area contributed by atoms with Gasteiger partial charge in [-0.2, -0.15) is 0 Å². The molecule has 1 unspecified atom stereocenters. The van der Waals surface area contributed by atoms with Crippen LogP contribution in [0.5, 0.6) is 0 Å². The van der Waals surface area contributed by atoms with E-state index < -0.39 is 9.84 Å². The maximum absolute atomic E-state index is 12.7. The van der Waals surface area contributed by atoms with E-state index in [0.29, 0.717) is 22.6 Å². The van der Waals surface area contributed by atoms with Crippen LogP contribution in [0.3, 0.4) is 0 Å². The topological polar surface area (TPSA) is 63.2 Å². The lowest BCUT2D eigenvalue weighted by Gasteiger charge is -2.16. The van der Waals surface area contributed by atoms with Crippen LogP contribution in [0.25, 0.3) is 0 Å². The molecule has 0 fully saturated rings. The molecule has 0 saturated carbocycles. The molecule has 3 aromatic rings. The molecule has 0 heterocycles. The zero-order valence-electron chi connectivity index (χ0n) is 15.7. The highest BCUT2D eigenvalue weighted by Gasteiger charge is 2.19. The Kier molecular flexibility index (Phi) is 6.26. The summed E-state index contributed by atoms with van der Waals surface area (Å²) in [7, 11) is -3.44. The molecule has 3 aromatic carbocycles. The average molecular weight is 394 g/mol. The Bertz CT molecular complexity index is 1030. The van der Waals surface area contributed by atoms with Crippen LogP contribution in [0.1, 0.15) is 30.4 Å². The minimum atomic E-state index is -3.44. The smallest absolute Gasteiger partial charge is 0.231 e. The second-order valence-corrected chi connectivity index (χ2v) is 8.62. The molecule has 28 heavy (non-hydrogen) atoms. The van der Waals surface area contributed by atoms with Gasteiger partial charge in [0.15, 0.2) is 9.84 Å². The largest absolute Gasteiger partial charge is 0.326 e. The van der Waals surface area contributed by atoms with E-state index in [1.54, 1.807) is 54.6 Å². The number of anilines is 1. The molecule has 0 radical (unpaired) electrons. The van der Waals surface area contributed by atoms with Gasteiger partial charge < -0.3 is 5.32 Å². The fraction of sp³-hybridized carbons (Fsp3) is 0.174. The van der Waals surface area contributed by atoms with Gasteiger partial charge in [0, 0.05) is 5.69 Å². The number of carbonyl (C=O) groups excluding carboxylic acids is 1. The molecule has 144 valence electrons. The minimum absolute atomic E-state index is 0.100. The Morgan fingerprint density at radius 3 is 2.18 bits per heavy atom. The lowest BCUT2D eigenvalue weighted by Crippen LogP contribution is -2.20. The summed E-state index contributed by atoms with van der Waals surface area (Å²) < 4.78 is 25.2. The van der Waals surface area contributed by atoms with E-state index in [1.807, 2.05) is 37.3 Å². The van der Waals surface area contributed by atoms with Gasteiger partial charge in [-0.1, -0.05) is 67.6 Å². The molecule has 1 amide bonds. The van der Waals surface area contributed by atoms with Crippen molar-refractivity contribution in [3.63, 3.8) is 0 Å². The van der Waals surface area contributed by atoms with Crippen LogP contribution in [0.2, 0.25) is 0 Å². The highest BCUT2D eigenvalue weighted by molar-refractivity contribution is 7.90. The summed E-state index contributed by atoms with van der Waals surface area (Å²) in [5, 5.41) is 2.92. The van der Waals surface area contributed by atoms with E-state index in [-0.39, 0.29) is 17.6 Å². The van der Waals surface area contributed by atoms with E-state index in [1.165, 1.54) is 0 Å². The van der Waals surface area contributed by atoms with Gasteiger partial charge in [0.1, 0.15) is 0 Å². The van der Waals surface area contributed by atoms with Gasteiger partial charge in [-0.15, -0.1) is 0 Å². The fourth-order valence-electron chi connectivity index (χ4n) is 3.16. The van der Waals surface area contributed by atoms with Crippen molar-refractivity contribution in [1.29, 1.82) is 0 Å². The fourth-order valence-corrected chi connectivity index (χ4v) is 4.51. The lowest BCUT2D eigenvalue weighted by atomic mass is 9.95. The van der Waals surface area contributed by atoms with Gasteiger partial charge in [-0.05, 0) is 41.8 Å². The number of hydrogen-bond donors (Lipinski definition) is 1. The Hall–Kier alpha value is -2.92. The summed E-state index contributed by atoms with van der Waals surface area (Å²) in [5.74, 6) is -0.467. The summed E-state index contributed by atoms with van der Waals surface area (Å²) in [6.07, 6.45) is 0.678. The molecule has 0 bridgehead atoms. The van der Waals surface area contributed by atoms with E-state index >= 15 is 0 Å². The van der Waals surface area contributed by atoms with Crippen molar-refractivity contribution in [1.82, 2.24) is 0 Å². The zero-order valence-corrected chi connectivity index (χ0v) is 16.5. The minimum Gasteiger partial charge on any atom is -0.326 e. The molecule has 4 nitrogen and oxygen atoms in total. The maximum atomic E-state index is 12.7. The average Bonchev–Trinajstić information content (AvgIpc) is 2.70. The third-order valence-corrected chi connectivity index (χ3v) is 6.28. The Labute approximate surface area is 166 Å². The third kappa shape index (κ3) is 4.87. The number of sulfone groups is 1. The molecule has 0 saturated heterocycles. The van der Waals surface area contributed by atoms with Crippen molar-refractivity contribution in [3.05, 3.63) is 96.1 Å². The number of nitrogens with one attached hydrogen (secondary N) is 1. The zero-order chi connectivity index (χ0) is 20.0. The molecule has 5 heteroatoms. The van der Waals surface area contributed by atoms with Crippen molar-refractivity contribution in [3.8, 4) is 0 Å². The van der Waals surface area contributed by atoms with Crippen LogP contribution < -0.4 is 5.32 Å². The van der Waals surface area contributed by atoms with E-state index in [4.69, 9.17) is 0 Å². The second kappa shape index (κ2) is 8.85. The van der Waals surface area contributed by atoms with Crippen LogP contribution in [-0.2, 0) is 20.4 Å². The molecule has 0 aliphatic rings. The van der Waals surface area contributed by atoms with E-state index in [0.717, 1.165) is 5.56 Å². The van der Waals surface area contributed by atoms with Crippen LogP contribution in [0.15, 0.2) is 89.8 Å². The molecule has 3 rings (SSSR count). The third-order valence-electron chi connectivity index (χ3n) is 4.58. The molecule has 1 N–H and O–H groups in total. The van der Waals surface area contributed by atoms with E-state index in [9.17, 15) is 13.2 Å². The van der Waals surface area contributed by atoms with Gasteiger partial charge in [-0.3, -0.25) is 4.79 Å². The summed E-state index contributed by atoms with van der Waals surface area (Å²) in [5.41, 5.74) is 2.19. The van der Waals surface area contributed by atoms with Crippen molar-refractivity contribution < 1.29 is 13.2 Å². The van der Waals surface area contributed by atoms with Crippen LogP contribution in [0.4, 0.5) is 5.69 Å². The van der Waals surface area contributed by atoms with Crippen LogP contribution >= 0.6 is 0 Å². The van der Waals surface area contributed by atoms with Gasteiger partial charge in [0.05, 0.1) is 16.6 Å². The first-order valence-corrected chi connectivity index (χ1v) is 10.9. The monoisotopic (exact) mass is 393 g/mol. The quantitative estimate of drug-likeness (QED) is 0.627. The SMILES string of the molecule is CCC(C(=O)Nc1cccc(CS(=O)(=O)c2ccccc2)c1)c1ccccc1. The van der Waals surface area contributed by atoms with Gasteiger partial charge in [0.25, 0.3) is 0 Å². The second-order valence-electron chi connectivity index (χ2n) is 6.63. The van der Waals surface area contributed by atoms with Crippen molar-refractivity contribution >= 4 is 21.4 Å². The van der Waals surface area contributed by atoms with Gasteiger partial charge >= 0.3 is 0 Å². The number of amides is 1. The molecule has 0 spiro atoms. The normalized spacial score (nSPS) is 12.3. The first-order valence-electron chi connectivity index (χ1n) is 9.22. The van der Waals surface area contributed by atoms with Crippen LogP contribution in [0, 0.1) is 0 Å². The summed E-state index contributed by atoms with van der Waals surface area (Å²) in [6.45, 7) is 1.97. The molecule has 1 atom stereocenters. The molecule has 0 aliphatic heterocycles. The maximum Gasteiger partial charge on any atom is 0.231 e. The highest BCUT2D eigenvalue weighted by Crippen LogP contribution is 2.23. The van der Waals surface area contributed by atoms with Crippen LogP contribution in [-0.4, -0.2) is 14.3 Å². The van der Waals surface area contributed by atoms with Crippen molar-refractivity contribution in [2.45, 2.75) is 29.9 Å². The molecular weight excluding hydrogens is 370 g/mol. The Balaban J connectivity index is 1.75. The number of hydrogen-bond acceptors (Lipinski definition) is 3. The van der Waals surface area contributed by atoms with Gasteiger partial charge in [-0.25, -0.2) is 8.42 Å². The van der Waals surface area contributed by atoms with E-state index in [2.05, 4.69) is 5.32 Å². The first kappa shape index (κ1) is 19.8. The Morgan fingerprint density at radius 1 is 0.893 bits per heavy atom.